The fraction of sp³-hybridized carbons (Fsp3) is 0.350. The van der Waals surface area contributed by atoms with E-state index in [0.29, 0.717) is 17.0 Å². The van der Waals surface area contributed by atoms with Gasteiger partial charge in [0.25, 0.3) is 0 Å². The summed E-state index contributed by atoms with van der Waals surface area (Å²) >= 11 is 1.30. The van der Waals surface area contributed by atoms with Crippen molar-refractivity contribution in [2.45, 2.75) is 39.8 Å². The molecule has 28 heavy (non-hydrogen) atoms. The number of anilines is 1. The number of hydrogen-bond donors (Lipinski definition) is 2. The smallest absolute Gasteiger partial charge is 0.408 e. The normalized spacial score (nSPS) is 11.4. The monoisotopic (exact) mass is 404 g/mol. The fourth-order valence-electron chi connectivity index (χ4n) is 2.64. The van der Waals surface area contributed by atoms with E-state index >= 15 is 0 Å². The minimum absolute atomic E-state index is 0.109. The first-order chi connectivity index (χ1) is 13.4. The van der Waals surface area contributed by atoms with Crippen LogP contribution in [0.3, 0.4) is 0 Å². The van der Waals surface area contributed by atoms with Crippen LogP contribution in [0.25, 0.3) is 0 Å². The van der Waals surface area contributed by atoms with E-state index < -0.39 is 24.0 Å². The summed E-state index contributed by atoms with van der Waals surface area (Å²) in [5.41, 5.74) is 2.05. The van der Waals surface area contributed by atoms with Gasteiger partial charge in [0.2, 0.25) is 5.91 Å². The maximum absolute atomic E-state index is 12.5. The number of benzene rings is 1. The molecule has 8 heteroatoms. The molecule has 0 aliphatic rings. The lowest BCUT2D eigenvalue weighted by Gasteiger charge is -2.14. The molecule has 0 aliphatic heterocycles. The van der Waals surface area contributed by atoms with E-state index in [2.05, 4.69) is 10.6 Å². The summed E-state index contributed by atoms with van der Waals surface area (Å²) in [4.78, 5) is 37.4. The Morgan fingerprint density at radius 1 is 1.18 bits per heavy atom. The third kappa shape index (κ3) is 5.32. The summed E-state index contributed by atoms with van der Waals surface area (Å²) in [5, 5.41) is 5.61. The highest BCUT2D eigenvalue weighted by molar-refractivity contribution is 7.16. The highest BCUT2D eigenvalue weighted by atomic mass is 32.1. The van der Waals surface area contributed by atoms with Gasteiger partial charge in [-0.3, -0.25) is 4.79 Å². The van der Waals surface area contributed by atoms with Crippen LogP contribution in [0.15, 0.2) is 30.3 Å². The maximum atomic E-state index is 12.5. The number of hydrogen-bond acceptors (Lipinski definition) is 6. The van der Waals surface area contributed by atoms with Crippen LogP contribution in [0.2, 0.25) is 0 Å². The molecule has 0 saturated heterocycles. The molecule has 7 nitrogen and oxygen atoms in total. The Morgan fingerprint density at radius 3 is 2.46 bits per heavy atom. The Bertz CT molecular complexity index is 848. The molecule has 2 aromatic rings. The first kappa shape index (κ1) is 21.4. The number of amides is 2. The standard InChI is InChI=1S/C20H24N2O5S/c1-5-15-13(3)28-18(16(15)19(24)26-4)22-17(23)12(2)21-20(25)27-11-14-9-7-6-8-10-14/h6-10,12H,5,11H2,1-4H3,(H,21,25)(H,22,23)/t12-/m0/s1. The molecule has 0 unspecified atom stereocenters. The van der Waals surface area contributed by atoms with E-state index in [4.69, 9.17) is 9.47 Å². The molecule has 2 rings (SSSR count). The second-order valence-electron chi connectivity index (χ2n) is 6.10. The predicted molar refractivity (Wildman–Crippen MR) is 108 cm³/mol. The zero-order valence-corrected chi connectivity index (χ0v) is 17.1. The molecule has 0 radical (unpaired) electrons. The van der Waals surface area contributed by atoms with Crippen molar-refractivity contribution in [3.63, 3.8) is 0 Å². The Balaban J connectivity index is 1.98. The molecule has 1 aromatic heterocycles. The summed E-state index contributed by atoms with van der Waals surface area (Å²) in [6.45, 7) is 5.46. The maximum Gasteiger partial charge on any atom is 0.408 e. The number of nitrogens with one attached hydrogen (secondary N) is 2. The van der Waals surface area contributed by atoms with Crippen molar-refractivity contribution in [2.24, 2.45) is 0 Å². The number of methoxy groups -OCH3 is 1. The van der Waals surface area contributed by atoms with Gasteiger partial charge in [0.1, 0.15) is 17.6 Å². The Hall–Kier alpha value is -2.87. The molecular formula is C20H24N2O5S. The lowest BCUT2D eigenvalue weighted by atomic mass is 10.1. The largest absolute Gasteiger partial charge is 0.465 e. The third-order valence-corrected chi connectivity index (χ3v) is 5.19. The van der Waals surface area contributed by atoms with Crippen molar-refractivity contribution < 1.29 is 23.9 Å². The van der Waals surface area contributed by atoms with Gasteiger partial charge in [0.05, 0.1) is 12.7 Å². The van der Waals surface area contributed by atoms with Crippen LogP contribution in [0.1, 0.15) is 40.2 Å². The molecule has 0 bridgehead atoms. The molecule has 0 fully saturated rings. The highest BCUT2D eigenvalue weighted by Gasteiger charge is 2.25. The molecule has 0 saturated carbocycles. The first-order valence-electron chi connectivity index (χ1n) is 8.86. The van der Waals surface area contributed by atoms with Gasteiger partial charge in [-0.25, -0.2) is 9.59 Å². The molecule has 0 spiro atoms. The molecule has 2 amide bonds. The minimum Gasteiger partial charge on any atom is -0.465 e. The quantitative estimate of drug-likeness (QED) is 0.687. The fourth-order valence-corrected chi connectivity index (χ4v) is 3.77. The van der Waals surface area contributed by atoms with Crippen molar-refractivity contribution in [1.29, 1.82) is 0 Å². The number of alkyl carbamates (subject to hydrolysis) is 1. The molecule has 1 heterocycles. The minimum atomic E-state index is -0.846. The van der Waals surface area contributed by atoms with Gasteiger partial charge in [-0.15, -0.1) is 11.3 Å². The third-order valence-electron chi connectivity index (χ3n) is 4.13. The highest BCUT2D eigenvalue weighted by Crippen LogP contribution is 2.34. The van der Waals surface area contributed by atoms with E-state index in [9.17, 15) is 14.4 Å². The number of esters is 1. The zero-order valence-electron chi connectivity index (χ0n) is 16.3. The van der Waals surface area contributed by atoms with Crippen molar-refractivity contribution in [3.8, 4) is 0 Å². The van der Waals surface area contributed by atoms with E-state index in [-0.39, 0.29) is 6.61 Å². The van der Waals surface area contributed by atoms with Gasteiger partial charge in [-0.1, -0.05) is 37.3 Å². The number of aryl methyl sites for hydroxylation is 1. The number of rotatable bonds is 7. The van der Waals surface area contributed by atoms with Crippen molar-refractivity contribution in [3.05, 3.63) is 51.9 Å². The second-order valence-corrected chi connectivity index (χ2v) is 7.33. The van der Waals surface area contributed by atoms with Gasteiger partial charge in [-0.2, -0.15) is 0 Å². The molecule has 150 valence electrons. The van der Waals surface area contributed by atoms with Crippen molar-refractivity contribution in [2.75, 3.05) is 12.4 Å². The van der Waals surface area contributed by atoms with Gasteiger partial charge >= 0.3 is 12.1 Å². The second kappa shape index (κ2) is 9.89. The summed E-state index contributed by atoms with van der Waals surface area (Å²) < 4.78 is 9.96. The molecule has 0 aliphatic carbocycles. The number of carbonyl (C=O) groups is 3. The predicted octanol–water partition coefficient (Wildman–Crippen LogP) is 3.66. The van der Waals surface area contributed by atoms with Gasteiger partial charge in [0, 0.05) is 4.88 Å². The lowest BCUT2D eigenvalue weighted by Crippen LogP contribution is -2.41. The first-order valence-corrected chi connectivity index (χ1v) is 9.67. The van der Waals surface area contributed by atoms with Crippen LogP contribution in [0.5, 0.6) is 0 Å². The van der Waals surface area contributed by atoms with Gasteiger partial charge < -0.3 is 20.1 Å². The van der Waals surface area contributed by atoms with Crippen LogP contribution in [0.4, 0.5) is 9.80 Å². The zero-order chi connectivity index (χ0) is 20.7. The van der Waals surface area contributed by atoms with Crippen LogP contribution in [-0.2, 0) is 27.3 Å². The summed E-state index contributed by atoms with van der Waals surface area (Å²) in [6, 6.07) is 8.39. The van der Waals surface area contributed by atoms with Crippen LogP contribution < -0.4 is 10.6 Å². The van der Waals surface area contributed by atoms with Crippen molar-refractivity contribution in [1.82, 2.24) is 5.32 Å². The van der Waals surface area contributed by atoms with E-state index in [1.54, 1.807) is 0 Å². The summed E-state index contributed by atoms with van der Waals surface area (Å²) in [6.07, 6.45) is -0.0567. The lowest BCUT2D eigenvalue weighted by molar-refractivity contribution is -0.117. The molecule has 1 aromatic carbocycles. The number of thiophene rings is 1. The van der Waals surface area contributed by atoms with Crippen molar-refractivity contribution >= 4 is 34.3 Å². The molecule has 1 atom stereocenters. The van der Waals surface area contributed by atoms with E-state index in [1.165, 1.54) is 25.4 Å². The Kier molecular flexibility index (Phi) is 7.57. The molecular weight excluding hydrogens is 380 g/mol. The average molecular weight is 404 g/mol. The van der Waals surface area contributed by atoms with E-state index in [0.717, 1.165) is 16.0 Å². The molecule has 2 N–H and O–H groups in total. The number of ether oxygens (including phenoxy) is 2. The summed E-state index contributed by atoms with van der Waals surface area (Å²) in [5.74, 6) is -0.954. The van der Waals surface area contributed by atoms with Crippen LogP contribution in [0, 0.1) is 6.92 Å². The van der Waals surface area contributed by atoms with Gasteiger partial charge in [-0.05, 0) is 31.4 Å². The van der Waals surface area contributed by atoms with E-state index in [1.807, 2.05) is 44.2 Å². The summed E-state index contributed by atoms with van der Waals surface area (Å²) in [7, 11) is 1.30. The SMILES string of the molecule is CCc1c(C)sc(NC(=O)[C@H](C)NC(=O)OCc2ccccc2)c1C(=O)OC. The Labute approximate surface area is 168 Å². The van der Waals surface area contributed by atoms with Crippen LogP contribution in [-0.4, -0.2) is 31.1 Å². The van der Waals surface area contributed by atoms with Crippen LogP contribution >= 0.6 is 11.3 Å². The van der Waals surface area contributed by atoms with Gasteiger partial charge in [0.15, 0.2) is 0 Å². The topological polar surface area (TPSA) is 93.7 Å². The number of carbonyl (C=O) groups excluding carboxylic acids is 3. The Morgan fingerprint density at radius 2 is 1.86 bits per heavy atom. The average Bonchev–Trinajstić information content (AvgIpc) is 3.01.